The average Bonchev–Trinajstić information content (AvgIpc) is 2.13. The van der Waals surface area contributed by atoms with Crippen molar-refractivity contribution in [2.75, 3.05) is 11.5 Å². The lowest BCUT2D eigenvalue weighted by molar-refractivity contribution is 0.411. The van der Waals surface area contributed by atoms with Gasteiger partial charge in [0.1, 0.15) is 0 Å². The van der Waals surface area contributed by atoms with Gasteiger partial charge in [0.05, 0.1) is 4.58 Å². The molecule has 0 amide bonds. The molecule has 2 heteroatoms. The summed E-state index contributed by atoms with van der Waals surface area (Å²) in [6, 6.07) is 0. The molecule has 0 nitrogen and oxygen atoms in total. The first-order chi connectivity index (χ1) is 4.67. The molecule has 0 aromatic carbocycles. The van der Waals surface area contributed by atoms with Crippen LogP contribution in [0.4, 0.5) is 0 Å². The molecule has 0 spiro atoms. The molecule has 1 heterocycles. The van der Waals surface area contributed by atoms with Gasteiger partial charge in [-0.3, -0.25) is 0 Å². The highest BCUT2D eigenvalue weighted by atomic mass is 32.2. The Morgan fingerprint density at radius 2 is 2.30 bits per heavy atom. The molecule has 10 heavy (non-hydrogen) atoms. The SMILES string of the molecule is CCSC1SCCC1(C)C. The summed E-state index contributed by atoms with van der Waals surface area (Å²) < 4.78 is 0.859. The zero-order chi connectivity index (χ0) is 7.61. The van der Waals surface area contributed by atoms with Gasteiger partial charge in [-0.15, -0.1) is 23.5 Å². The predicted molar refractivity (Wildman–Crippen MR) is 52.8 cm³/mol. The number of hydrogen-bond donors (Lipinski definition) is 0. The van der Waals surface area contributed by atoms with E-state index in [0.717, 1.165) is 4.58 Å². The summed E-state index contributed by atoms with van der Waals surface area (Å²) in [6.45, 7) is 7.03. The number of hydrogen-bond acceptors (Lipinski definition) is 2. The fraction of sp³-hybridized carbons (Fsp3) is 1.00. The van der Waals surface area contributed by atoms with Gasteiger partial charge in [-0.25, -0.2) is 0 Å². The summed E-state index contributed by atoms with van der Waals surface area (Å²) in [5.41, 5.74) is 0.589. The van der Waals surface area contributed by atoms with Crippen molar-refractivity contribution in [3.63, 3.8) is 0 Å². The summed E-state index contributed by atoms with van der Waals surface area (Å²) >= 11 is 4.25. The van der Waals surface area contributed by atoms with E-state index in [1.54, 1.807) is 0 Å². The molecule has 0 aromatic heterocycles. The second kappa shape index (κ2) is 3.40. The maximum atomic E-state index is 2.39. The van der Waals surface area contributed by atoms with E-state index in [1.807, 2.05) is 0 Å². The third-order valence-corrected chi connectivity index (χ3v) is 5.44. The molecule has 60 valence electrons. The van der Waals surface area contributed by atoms with E-state index in [-0.39, 0.29) is 0 Å². The maximum absolute atomic E-state index is 2.39. The largest absolute Gasteiger partial charge is 0.147 e. The fourth-order valence-electron chi connectivity index (χ4n) is 1.20. The van der Waals surface area contributed by atoms with Crippen LogP contribution in [0.2, 0.25) is 0 Å². The summed E-state index contributed by atoms with van der Waals surface area (Å²) in [4.78, 5) is 0. The average molecular weight is 176 g/mol. The minimum absolute atomic E-state index is 0.589. The Balaban J connectivity index is 2.43. The monoisotopic (exact) mass is 176 g/mol. The first-order valence-electron chi connectivity index (χ1n) is 3.90. The Morgan fingerprint density at radius 1 is 1.60 bits per heavy atom. The molecule has 1 atom stereocenters. The Bertz CT molecular complexity index is 110. The van der Waals surface area contributed by atoms with Crippen LogP contribution in [0.25, 0.3) is 0 Å². The lowest BCUT2D eigenvalue weighted by Gasteiger charge is -2.24. The van der Waals surface area contributed by atoms with Gasteiger partial charge in [0.15, 0.2) is 0 Å². The minimum Gasteiger partial charge on any atom is -0.147 e. The van der Waals surface area contributed by atoms with Crippen LogP contribution in [0.1, 0.15) is 27.2 Å². The quantitative estimate of drug-likeness (QED) is 0.633. The third-order valence-electron chi connectivity index (χ3n) is 1.97. The van der Waals surface area contributed by atoms with E-state index in [1.165, 1.54) is 17.9 Å². The molecule has 1 saturated heterocycles. The van der Waals surface area contributed by atoms with Crippen molar-refractivity contribution in [1.82, 2.24) is 0 Å². The van der Waals surface area contributed by atoms with Crippen LogP contribution in [0.5, 0.6) is 0 Å². The minimum atomic E-state index is 0.589. The molecular weight excluding hydrogens is 160 g/mol. The lowest BCUT2D eigenvalue weighted by atomic mass is 9.93. The Labute approximate surface area is 72.5 Å². The summed E-state index contributed by atoms with van der Waals surface area (Å²) in [5.74, 6) is 2.63. The molecule has 1 aliphatic rings. The number of thioether (sulfide) groups is 2. The summed E-state index contributed by atoms with van der Waals surface area (Å²) in [7, 11) is 0. The smallest absolute Gasteiger partial charge is 0.0553 e. The van der Waals surface area contributed by atoms with E-state index in [9.17, 15) is 0 Å². The van der Waals surface area contributed by atoms with Gasteiger partial charge < -0.3 is 0 Å². The van der Waals surface area contributed by atoms with Gasteiger partial charge in [-0.2, -0.15) is 0 Å². The van der Waals surface area contributed by atoms with Crippen LogP contribution in [0.15, 0.2) is 0 Å². The molecule has 0 bridgehead atoms. The Kier molecular flexibility index (Phi) is 2.99. The first-order valence-corrected chi connectivity index (χ1v) is 6.00. The molecule has 0 aromatic rings. The first kappa shape index (κ1) is 8.79. The molecule has 1 fully saturated rings. The van der Waals surface area contributed by atoms with Gasteiger partial charge in [-0.1, -0.05) is 20.8 Å². The lowest BCUT2D eigenvalue weighted by Crippen LogP contribution is -2.17. The highest BCUT2D eigenvalue weighted by Crippen LogP contribution is 2.47. The zero-order valence-corrected chi connectivity index (χ0v) is 8.65. The van der Waals surface area contributed by atoms with Crippen LogP contribution >= 0.6 is 23.5 Å². The van der Waals surface area contributed by atoms with Gasteiger partial charge >= 0.3 is 0 Å². The van der Waals surface area contributed by atoms with Crippen LogP contribution in [-0.2, 0) is 0 Å². The second-order valence-electron chi connectivity index (χ2n) is 3.40. The van der Waals surface area contributed by atoms with Crippen molar-refractivity contribution >= 4 is 23.5 Å². The fourth-order valence-corrected chi connectivity index (χ4v) is 4.58. The Hall–Kier alpha value is 0.700. The number of rotatable bonds is 2. The molecule has 0 N–H and O–H groups in total. The van der Waals surface area contributed by atoms with Crippen molar-refractivity contribution < 1.29 is 0 Å². The van der Waals surface area contributed by atoms with Gasteiger partial charge in [0, 0.05) is 0 Å². The molecule has 1 aliphatic heterocycles. The van der Waals surface area contributed by atoms with Crippen molar-refractivity contribution in [2.45, 2.75) is 31.8 Å². The van der Waals surface area contributed by atoms with Crippen molar-refractivity contribution in [1.29, 1.82) is 0 Å². The normalized spacial score (nSPS) is 30.9. The molecule has 0 radical (unpaired) electrons. The van der Waals surface area contributed by atoms with Gasteiger partial charge in [0.25, 0.3) is 0 Å². The van der Waals surface area contributed by atoms with Crippen LogP contribution < -0.4 is 0 Å². The molecule has 0 saturated carbocycles. The zero-order valence-electron chi connectivity index (χ0n) is 7.02. The highest BCUT2D eigenvalue weighted by Gasteiger charge is 2.34. The standard InChI is InChI=1S/C8H16S2/c1-4-9-7-8(2,3)5-6-10-7/h7H,4-6H2,1-3H3. The molecule has 1 unspecified atom stereocenters. The van der Waals surface area contributed by atoms with Crippen molar-refractivity contribution in [2.24, 2.45) is 5.41 Å². The van der Waals surface area contributed by atoms with E-state index in [0.29, 0.717) is 5.41 Å². The van der Waals surface area contributed by atoms with E-state index in [2.05, 4.69) is 44.3 Å². The van der Waals surface area contributed by atoms with Crippen LogP contribution in [0.3, 0.4) is 0 Å². The van der Waals surface area contributed by atoms with Crippen molar-refractivity contribution in [3.8, 4) is 0 Å². The molecular formula is C8H16S2. The van der Waals surface area contributed by atoms with Gasteiger partial charge in [0.2, 0.25) is 0 Å². The topological polar surface area (TPSA) is 0 Å². The van der Waals surface area contributed by atoms with E-state index < -0.39 is 0 Å². The Morgan fingerprint density at radius 3 is 2.70 bits per heavy atom. The van der Waals surface area contributed by atoms with Crippen molar-refractivity contribution in [3.05, 3.63) is 0 Å². The van der Waals surface area contributed by atoms with Crippen LogP contribution in [-0.4, -0.2) is 16.1 Å². The third kappa shape index (κ3) is 1.85. The van der Waals surface area contributed by atoms with Crippen LogP contribution in [0, 0.1) is 5.41 Å². The summed E-state index contributed by atoms with van der Waals surface area (Å²) in [5, 5.41) is 0. The summed E-state index contributed by atoms with van der Waals surface area (Å²) in [6.07, 6.45) is 1.40. The van der Waals surface area contributed by atoms with E-state index >= 15 is 0 Å². The highest BCUT2D eigenvalue weighted by molar-refractivity contribution is 8.17. The second-order valence-corrected chi connectivity index (χ2v) is 6.29. The molecule has 1 rings (SSSR count). The van der Waals surface area contributed by atoms with E-state index in [4.69, 9.17) is 0 Å². The van der Waals surface area contributed by atoms with Gasteiger partial charge in [-0.05, 0) is 23.3 Å². The predicted octanol–water partition coefficient (Wildman–Crippen LogP) is 3.23. The molecule has 0 aliphatic carbocycles. The maximum Gasteiger partial charge on any atom is 0.0553 e.